The summed E-state index contributed by atoms with van der Waals surface area (Å²) in [6.45, 7) is 8.27. The molecule has 0 spiro atoms. The van der Waals surface area contributed by atoms with Crippen molar-refractivity contribution >= 4 is 87.0 Å². The van der Waals surface area contributed by atoms with Crippen LogP contribution in [0, 0.1) is 0 Å². The van der Waals surface area contributed by atoms with E-state index in [1.54, 1.807) is 0 Å². The van der Waals surface area contributed by atoms with Crippen LogP contribution in [0.5, 0.6) is 0 Å². The maximum absolute atomic E-state index is 4.19. The Labute approximate surface area is 224 Å². The van der Waals surface area contributed by atoms with Crippen molar-refractivity contribution in [1.82, 2.24) is 4.98 Å². The minimum Gasteiger partial charge on any atom is -0.354 e. The van der Waals surface area contributed by atoms with Gasteiger partial charge in [-0.25, -0.2) is 0 Å². The fourth-order valence-electron chi connectivity index (χ4n) is 6.33. The highest BCUT2D eigenvalue weighted by molar-refractivity contribution is 7.28. The summed E-state index contributed by atoms with van der Waals surface area (Å²) < 4.78 is 2.67. The molecule has 2 aromatic heterocycles. The van der Waals surface area contributed by atoms with E-state index in [9.17, 15) is 0 Å². The molecule has 2 heteroatoms. The topological polar surface area (TPSA) is 15.8 Å². The first kappa shape index (κ1) is 21.4. The van der Waals surface area contributed by atoms with E-state index >= 15 is 0 Å². The van der Waals surface area contributed by atoms with Gasteiger partial charge in [-0.15, -0.1) is 11.3 Å². The van der Waals surface area contributed by atoms with Gasteiger partial charge < -0.3 is 4.98 Å². The lowest BCUT2D eigenvalue weighted by atomic mass is 9.89. The first-order valence-corrected chi connectivity index (χ1v) is 13.7. The van der Waals surface area contributed by atoms with Gasteiger partial charge in [-0.3, -0.25) is 0 Å². The van der Waals surface area contributed by atoms with Crippen molar-refractivity contribution in [2.24, 2.45) is 0 Å². The van der Waals surface area contributed by atoms with Gasteiger partial charge in [0.05, 0.1) is 0 Å². The molecule has 0 fully saturated rings. The molecule has 0 bridgehead atoms. The Morgan fingerprint density at radius 2 is 1.21 bits per heavy atom. The van der Waals surface area contributed by atoms with Crippen LogP contribution in [0.1, 0.15) is 11.1 Å². The molecule has 0 radical (unpaired) electrons. The van der Waals surface area contributed by atoms with Crippen LogP contribution in [0.2, 0.25) is 0 Å². The Morgan fingerprint density at radius 3 is 1.97 bits per heavy atom. The smallest absolute Gasteiger partial charge is 0.0485 e. The highest BCUT2D eigenvalue weighted by Gasteiger charge is 2.22. The molecule has 0 saturated heterocycles. The fourth-order valence-corrected chi connectivity index (χ4v) is 7.77. The van der Waals surface area contributed by atoms with E-state index in [-0.39, 0.29) is 0 Å². The van der Waals surface area contributed by atoms with Gasteiger partial charge in [0.2, 0.25) is 0 Å². The van der Waals surface area contributed by atoms with Crippen LogP contribution in [0.3, 0.4) is 0 Å². The summed E-state index contributed by atoms with van der Waals surface area (Å²) in [6.07, 6.45) is 3.89. The van der Waals surface area contributed by atoms with Gasteiger partial charge in [0, 0.05) is 47.4 Å². The van der Waals surface area contributed by atoms with Crippen molar-refractivity contribution in [3.05, 3.63) is 121 Å². The molecule has 2 heterocycles. The van der Waals surface area contributed by atoms with Gasteiger partial charge in [-0.1, -0.05) is 110 Å². The Morgan fingerprint density at radius 1 is 0.526 bits per heavy atom. The highest BCUT2D eigenvalue weighted by atomic mass is 32.1. The SMILES string of the molecule is C=Cc1cccc(-c2cc3[nH]c4ccccc4c3c3sc4c5ccccc5c5ccccc5c4c23)c1C=C. The summed E-state index contributed by atoms with van der Waals surface area (Å²) in [5.41, 5.74) is 6.94. The number of hydrogen-bond donors (Lipinski definition) is 1. The monoisotopic (exact) mass is 501 g/mol. The van der Waals surface area contributed by atoms with E-state index in [4.69, 9.17) is 0 Å². The second-order valence-electron chi connectivity index (χ2n) is 9.84. The first-order valence-electron chi connectivity index (χ1n) is 12.9. The van der Waals surface area contributed by atoms with Crippen LogP contribution in [-0.4, -0.2) is 4.98 Å². The number of thiophene rings is 1. The molecule has 1 nitrogen and oxygen atoms in total. The van der Waals surface area contributed by atoms with Crippen LogP contribution in [-0.2, 0) is 0 Å². The van der Waals surface area contributed by atoms with E-state index in [0.717, 1.165) is 22.2 Å². The third-order valence-electron chi connectivity index (χ3n) is 7.94. The van der Waals surface area contributed by atoms with E-state index in [2.05, 4.69) is 115 Å². The first-order chi connectivity index (χ1) is 18.8. The standard InChI is InChI=1S/C36H23NS/c1-3-21-12-11-18-23(22(21)4-2)29-20-31-32(28-17-9-10-19-30(28)37-31)36-34(29)33-26-15-7-5-13-24(26)25-14-6-8-16-27(25)35(33)38-36/h3-20,37H,1-2H2. The van der Waals surface area contributed by atoms with E-state index in [1.807, 2.05) is 23.5 Å². The number of rotatable bonds is 3. The zero-order valence-electron chi connectivity index (χ0n) is 20.7. The van der Waals surface area contributed by atoms with Crippen molar-refractivity contribution in [3.63, 3.8) is 0 Å². The minimum atomic E-state index is 1.09. The fraction of sp³-hybridized carbons (Fsp3) is 0. The second-order valence-corrected chi connectivity index (χ2v) is 10.9. The lowest BCUT2D eigenvalue weighted by molar-refractivity contribution is 1.54. The van der Waals surface area contributed by atoms with Crippen molar-refractivity contribution in [2.45, 2.75) is 0 Å². The normalized spacial score (nSPS) is 11.9. The van der Waals surface area contributed by atoms with Crippen LogP contribution in [0.25, 0.3) is 86.8 Å². The van der Waals surface area contributed by atoms with Crippen molar-refractivity contribution in [3.8, 4) is 11.1 Å². The number of benzene rings is 6. The number of H-pyrrole nitrogens is 1. The van der Waals surface area contributed by atoms with Gasteiger partial charge in [0.15, 0.2) is 0 Å². The minimum absolute atomic E-state index is 1.09. The predicted molar refractivity (Wildman–Crippen MR) is 169 cm³/mol. The summed E-state index contributed by atoms with van der Waals surface area (Å²) in [4.78, 5) is 3.73. The lowest BCUT2D eigenvalue weighted by Gasteiger charge is -2.13. The maximum atomic E-state index is 4.19. The predicted octanol–water partition coefficient (Wildman–Crippen LogP) is 10.9. The Balaban J connectivity index is 1.72. The zero-order valence-corrected chi connectivity index (χ0v) is 21.5. The average Bonchev–Trinajstić information content (AvgIpc) is 3.55. The van der Waals surface area contributed by atoms with Gasteiger partial charge in [-0.2, -0.15) is 0 Å². The Bertz CT molecular complexity index is 2280. The zero-order chi connectivity index (χ0) is 25.4. The summed E-state index contributed by atoms with van der Waals surface area (Å²) in [5, 5.41) is 10.4. The molecule has 1 N–H and O–H groups in total. The largest absolute Gasteiger partial charge is 0.354 e. The summed E-state index contributed by atoms with van der Waals surface area (Å²) >= 11 is 1.92. The van der Waals surface area contributed by atoms with Crippen LogP contribution >= 0.6 is 11.3 Å². The number of hydrogen-bond acceptors (Lipinski definition) is 1. The number of aromatic nitrogens is 1. The third-order valence-corrected chi connectivity index (χ3v) is 9.18. The number of aromatic amines is 1. The van der Waals surface area contributed by atoms with Crippen molar-refractivity contribution < 1.29 is 0 Å². The van der Waals surface area contributed by atoms with Gasteiger partial charge >= 0.3 is 0 Å². The third kappa shape index (κ3) is 2.75. The van der Waals surface area contributed by atoms with E-state index < -0.39 is 0 Å². The molecule has 0 saturated carbocycles. The molecule has 0 unspecified atom stereocenters. The maximum Gasteiger partial charge on any atom is 0.0485 e. The Hall–Kier alpha value is -4.66. The van der Waals surface area contributed by atoms with E-state index in [1.165, 1.54) is 63.6 Å². The molecule has 0 aliphatic carbocycles. The van der Waals surface area contributed by atoms with Gasteiger partial charge in [0.1, 0.15) is 0 Å². The molecule has 0 atom stereocenters. The molecule has 0 amide bonds. The molecule has 6 aromatic carbocycles. The molecule has 0 aliphatic heterocycles. The van der Waals surface area contributed by atoms with Crippen LogP contribution in [0.15, 0.2) is 110 Å². The highest BCUT2D eigenvalue weighted by Crippen LogP contribution is 2.51. The molecular formula is C36H23NS. The van der Waals surface area contributed by atoms with Crippen LogP contribution < -0.4 is 0 Å². The molecular weight excluding hydrogens is 478 g/mol. The summed E-state index contributed by atoms with van der Waals surface area (Å²) in [5.74, 6) is 0. The molecule has 8 aromatic rings. The number of para-hydroxylation sites is 1. The molecule has 178 valence electrons. The van der Waals surface area contributed by atoms with Gasteiger partial charge in [-0.05, 0) is 50.5 Å². The molecule has 8 rings (SSSR count). The second kappa shape index (κ2) is 7.92. The van der Waals surface area contributed by atoms with Crippen molar-refractivity contribution in [1.29, 1.82) is 0 Å². The Kier molecular flexibility index (Phi) is 4.46. The van der Waals surface area contributed by atoms with Crippen molar-refractivity contribution in [2.75, 3.05) is 0 Å². The van der Waals surface area contributed by atoms with E-state index in [0.29, 0.717) is 0 Å². The molecule has 38 heavy (non-hydrogen) atoms. The molecule has 0 aliphatic rings. The number of fused-ring (bicyclic) bond motifs is 12. The average molecular weight is 502 g/mol. The van der Waals surface area contributed by atoms with Gasteiger partial charge in [0.25, 0.3) is 0 Å². The lowest BCUT2D eigenvalue weighted by Crippen LogP contribution is -1.89. The summed E-state index contributed by atoms with van der Waals surface area (Å²) in [6, 6.07) is 35.2. The summed E-state index contributed by atoms with van der Waals surface area (Å²) in [7, 11) is 0. The quantitative estimate of drug-likeness (QED) is 0.232. The van der Waals surface area contributed by atoms with Crippen LogP contribution in [0.4, 0.5) is 0 Å². The number of nitrogens with one attached hydrogen (secondary N) is 1.